The number of anilines is 1. The molecule has 0 saturated carbocycles. The van der Waals surface area contributed by atoms with Gasteiger partial charge in [-0.25, -0.2) is 4.79 Å². The lowest BCUT2D eigenvalue weighted by Gasteiger charge is -2.18. The second-order valence-corrected chi connectivity index (χ2v) is 5.84. The summed E-state index contributed by atoms with van der Waals surface area (Å²) in [6.45, 7) is 3.77. The first kappa shape index (κ1) is 15.8. The molecular formula is C17H18ClN3O2. The normalized spacial score (nSPS) is 15.6. The van der Waals surface area contributed by atoms with Gasteiger partial charge in [0.25, 0.3) is 0 Å². The predicted molar refractivity (Wildman–Crippen MR) is 89.6 cm³/mol. The van der Waals surface area contributed by atoms with E-state index in [1.54, 1.807) is 17.3 Å². The molecule has 1 unspecified atom stereocenters. The van der Waals surface area contributed by atoms with Crippen LogP contribution in [-0.2, 0) is 11.3 Å². The molecule has 2 aromatic rings. The van der Waals surface area contributed by atoms with Crippen molar-refractivity contribution in [2.45, 2.75) is 19.5 Å². The molecule has 0 spiro atoms. The van der Waals surface area contributed by atoms with Crippen LogP contribution >= 0.6 is 11.6 Å². The smallest absolute Gasteiger partial charge is 0.414 e. The summed E-state index contributed by atoms with van der Waals surface area (Å²) >= 11 is 6.12. The van der Waals surface area contributed by atoms with Gasteiger partial charge in [-0.15, -0.1) is 0 Å². The number of aromatic nitrogens is 1. The second-order valence-electron chi connectivity index (χ2n) is 5.43. The molecule has 23 heavy (non-hydrogen) atoms. The van der Waals surface area contributed by atoms with Gasteiger partial charge in [-0.2, -0.15) is 0 Å². The molecule has 1 aliphatic heterocycles. The molecule has 120 valence electrons. The van der Waals surface area contributed by atoms with Crippen LogP contribution in [0.2, 0.25) is 5.02 Å². The van der Waals surface area contributed by atoms with Gasteiger partial charge in [0.05, 0.1) is 11.6 Å². The van der Waals surface area contributed by atoms with E-state index in [1.807, 2.05) is 30.3 Å². The molecule has 0 aliphatic carbocycles. The van der Waals surface area contributed by atoms with Gasteiger partial charge in [-0.05, 0) is 36.2 Å². The van der Waals surface area contributed by atoms with Gasteiger partial charge in [0.1, 0.15) is 6.61 Å². The van der Waals surface area contributed by atoms with Gasteiger partial charge in [-0.3, -0.25) is 9.88 Å². The summed E-state index contributed by atoms with van der Waals surface area (Å²) in [4.78, 5) is 17.3. The Bertz CT molecular complexity index is 708. The van der Waals surface area contributed by atoms with Crippen LogP contribution in [-0.4, -0.2) is 24.2 Å². The van der Waals surface area contributed by atoms with E-state index >= 15 is 0 Å². The molecule has 3 rings (SSSR count). The largest absolute Gasteiger partial charge is 0.447 e. The van der Waals surface area contributed by atoms with Crippen molar-refractivity contribution in [3.63, 3.8) is 0 Å². The maximum absolute atomic E-state index is 11.7. The topological polar surface area (TPSA) is 54.5 Å². The van der Waals surface area contributed by atoms with Crippen molar-refractivity contribution >= 4 is 23.4 Å². The van der Waals surface area contributed by atoms with Crippen LogP contribution in [0.25, 0.3) is 0 Å². The van der Waals surface area contributed by atoms with Crippen molar-refractivity contribution in [3.05, 3.63) is 58.9 Å². The van der Waals surface area contributed by atoms with Gasteiger partial charge in [0, 0.05) is 30.7 Å². The Kier molecular flexibility index (Phi) is 4.79. The molecule has 1 amide bonds. The summed E-state index contributed by atoms with van der Waals surface area (Å²) in [6.07, 6.45) is 3.09. The Morgan fingerprint density at radius 3 is 3.04 bits per heavy atom. The molecule has 1 N–H and O–H groups in total. The van der Waals surface area contributed by atoms with Crippen LogP contribution in [0.4, 0.5) is 10.5 Å². The summed E-state index contributed by atoms with van der Waals surface area (Å²) in [6, 6.07) is 9.95. The lowest BCUT2D eigenvalue weighted by molar-refractivity contribution is 0.181. The fraction of sp³-hybridized carbons (Fsp3) is 0.294. The number of halogens is 1. The molecule has 2 heterocycles. The number of nitrogens with zero attached hydrogens (tertiary/aromatic N) is 2. The van der Waals surface area contributed by atoms with E-state index in [1.165, 1.54) is 0 Å². The lowest BCUT2D eigenvalue weighted by atomic mass is 10.1. The highest BCUT2D eigenvalue weighted by molar-refractivity contribution is 6.31. The van der Waals surface area contributed by atoms with Crippen molar-refractivity contribution in [2.24, 2.45) is 0 Å². The van der Waals surface area contributed by atoms with Crippen LogP contribution in [0.5, 0.6) is 0 Å². The summed E-state index contributed by atoms with van der Waals surface area (Å²) in [7, 11) is 0. The second kappa shape index (κ2) is 6.98. The Hall–Kier alpha value is -2.11. The van der Waals surface area contributed by atoms with E-state index in [2.05, 4.69) is 17.2 Å². The van der Waals surface area contributed by atoms with Crippen LogP contribution < -0.4 is 10.2 Å². The molecule has 1 atom stereocenters. The molecule has 1 fully saturated rings. The summed E-state index contributed by atoms with van der Waals surface area (Å²) in [5, 5.41) is 4.09. The van der Waals surface area contributed by atoms with Gasteiger partial charge in [0.2, 0.25) is 0 Å². The number of rotatable bonds is 5. The van der Waals surface area contributed by atoms with Gasteiger partial charge >= 0.3 is 6.09 Å². The zero-order valence-corrected chi connectivity index (χ0v) is 13.6. The minimum atomic E-state index is -0.286. The first-order chi connectivity index (χ1) is 11.1. The molecule has 1 saturated heterocycles. The van der Waals surface area contributed by atoms with Gasteiger partial charge in [0.15, 0.2) is 0 Å². The van der Waals surface area contributed by atoms with Crippen molar-refractivity contribution in [2.75, 3.05) is 18.1 Å². The first-order valence-electron chi connectivity index (χ1n) is 7.51. The minimum Gasteiger partial charge on any atom is -0.447 e. The highest BCUT2D eigenvalue weighted by Crippen LogP contribution is 2.23. The molecule has 1 aromatic heterocycles. The number of amides is 1. The fourth-order valence-electron chi connectivity index (χ4n) is 2.52. The highest BCUT2D eigenvalue weighted by atomic mass is 35.5. The summed E-state index contributed by atoms with van der Waals surface area (Å²) < 4.78 is 4.99. The number of benzene rings is 1. The first-order valence-corrected chi connectivity index (χ1v) is 7.89. The third-order valence-corrected chi connectivity index (χ3v) is 4.24. The van der Waals surface area contributed by atoms with Crippen molar-refractivity contribution in [1.29, 1.82) is 0 Å². The van der Waals surface area contributed by atoms with Crippen molar-refractivity contribution in [1.82, 2.24) is 10.3 Å². The maximum atomic E-state index is 11.7. The highest BCUT2D eigenvalue weighted by Gasteiger charge is 2.23. The summed E-state index contributed by atoms with van der Waals surface area (Å²) in [5.74, 6) is 0. The maximum Gasteiger partial charge on any atom is 0.414 e. The molecule has 5 nitrogen and oxygen atoms in total. The Labute approximate surface area is 140 Å². The SMILES string of the molecule is CC(NCc1ccncc1Cl)c1cccc(N2CCOC2=O)c1. The quantitative estimate of drug-likeness (QED) is 0.910. The Balaban J connectivity index is 1.69. The zero-order valence-electron chi connectivity index (χ0n) is 12.8. The van der Waals surface area contributed by atoms with Gasteiger partial charge < -0.3 is 10.1 Å². The number of cyclic esters (lactones) is 1. The Morgan fingerprint density at radius 1 is 1.43 bits per heavy atom. The third-order valence-electron chi connectivity index (χ3n) is 3.90. The van der Waals surface area contributed by atoms with Crippen LogP contribution in [0.3, 0.4) is 0 Å². The van der Waals surface area contributed by atoms with E-state index < -0.39 is 0 Å². The minimum absolute atomic E-state index is 0.123. The molecule has 0 radical (unpaired) electrons. The number of carbonyl (C=O) groups excluding carboxylic acids is 1. The van der Waals surface area contributed by atoms with Crippen molar-refractivity contribution < 1.29 is 9.53 Å². The van der Waals surface area contributed by atoms with E-state index in [0.717, 1.165) is 16.8 Å². The molecule has 1 aliphatic rings. The zero-order chi connectivity index (χ0) is 16.2. The number of hydrogen-bond acceptors (Lipinski definition) is 4. The third kappa shape index (κ3) is 3.63. The predicted octanol–water partition coefficient (Wildman–Crippen LogP) is 3.54. The monoisotopic (exact) mass is 331 g/mol. The lowest BCUT2D eigenvalue weighted by Crippen LogP contribution is -2.24. The average Bonchev–Trinajstić information content (AvgIpc) is 3.00. The molecule has 0 bridgehead atoms. The van der Waals surface area contributed by atoms with Crippen LogP contribution in [0.1, 0.15) is 24.1 Å². The number of hydrogen-bond donors (Lipinski definition) is 1. The van der Waals surface area contributed by atoms with Gasteiger partial charge in [-0.1, -0.05) is 23.7 Å². The number of carbonyl (C=O) groups is 1. The van der Waals surface area contributed by atoms with Crippen LogP contribution in [0.15, 0.2) is 42.7 Å². The average molecular weight is 332 g/mol. The molecule has 6 heteroatoms. The Morgan fingerprint density at radius 2 is 2.30 bits per heavy atom. The van der Waals surface area contributed by atoms with E-state index in [0.29, 0.717) is 24.7 Å². The molecule has 1 aromatic carbocycles. The fourth-order valence-corrected chi connectivity index (χ4v) is 2.70. The standard InChI is InChI=1S/C17H18ClN3O2/c1-12(20-10-14-5-6-19-11-16(14)18)13-3-2-4-15(9-13)21-7-8-23-17(21)22/h2-6,9,11-12,20H,7-8,10H2,1H3. The van der Waals surface area contributed by atoms with E-state index in [4.69, 9.17) is 16.3 Å². The number of ether oxygens (including phenoxy) is 1. The van der Waals surface area contributed by atoms with Crippen LogP contribution in [0, 0.1) is 0 Å². The van der Waals surface area contributed by atoms with E-state index in [-0.39, 0.29) is 12.1 Å². The number of nitrogens with one attached hydrogen (secondary N) is 1. The van der Waals surface area contributed by atoms with E-state index in [9.17, 15) is 4.79 Å². The van der Waals surface area contributed by atoms with Crippen molar-refractivity contribution in [3.8, 4) is 0 Å². The summed E-state index contributed by atoms with van der Waals surface area (Å²) in [5.41, 5.74) is 2.97. The number of pyridine rings is 1. The molecular weight excluding hydrogens is 314 g/mol.